The summed E-state index contributed by atoms with van der Waals surface area (Å²) in [4.78, 5) is 13.2. The van der Waals surface area contributed by atoms with Crippen molar-refractivity contribution in [2.45, 2.75) is 83.5 Å². The molecule has 1 aromatic carbocycles. The molecular formula is C21H29BF3NO3. The monoisotopic (exact) mass is 411 g/mol. The Bertz CT molecular complexity index is 725. The van der Waals surface area contributed by atoms with E-state index >= 15 is 0 Å². The largest absolute Gasteiger partial charge is 0.458 e. The fourth-order valence-corrected chi connectivity index (χ4v) is 4.13. The first-order valence-corrected chi connectivity index (χ1v) is 10.2. The van der Waals surface area contributed by atoms with E-state index in [1.54, 1.807) is 0 Å². The minimum absolute atomic E-state index is 0.174. The van der Waals surface area contributed by atoms with Crippen LogP contribution >= 0.6 is 0 Å². The number of anilines is 1. The van der Waals surface area contributed by atoms with Crippen LogP contribution < -0.4 is 5.32 Å². The highest BCUT2D eigenvalue weighted by Gasteiger charge is 2.54. The zero-order chi connectivity index (χ0) is 21.5. The fourth-order valence-electron chi connectivity index (χ4n) is 4.13. The Morgan fingerprint density at radius 3 is 2.00 bits per heavy atom. The van der Waals surface area contributed by atoms with Gasteiger partial charge in [0.25, 0.3) is 0 Å². The third-order valence-electron chi connectivity index (χ3n) is 6.62. The molecule has 0 unspecified atom stereocenters. The minimum atomic E-state index is -4.40. The van der Waals surface area contributed by atoms with Gasteiger partial charge in [-0.25, -0.2) is 0 Å². The van der Waals surface area contributed by atoms with Crippen LogP contribution in [-0.2, 0) is 20.3 Å². The molecule has 4 nitrogen and oxygen atoms in total. The standard InChI is InChI=1S/C21H29BF3NO3/c1-18(2)19(3,4)29-22(28-18)14-20(12-6-5-7-13-20)17(27)26-16-10-8-15(9-11-16)21(23,24)25/h8-11H,5-7,12-14H2,1-4H3,(H,26,27). The average Bonchev–Trinajstić information content (AvgIpc) is 2.81. The lowest BCUT2D eigenvalue weighted by molar-refractivity contribution is -0.137. The summed E-state index contributed by atoms with van der Waals surface area (Å²) in [6.07, 6.45) is 0.391. The summed E-state index contributed by atoms with van der Waals surface area (Å²) in [5.41, 5.74) is -1.97. The van der Waals surface area contributed by atoms with Gasteiger partial charge in [0.2, 0.25) is 5.91 Å². The van der Waals surface area contributed by atoms with E-state index in [9.17, 15) is 18.0 Å². The van der Waals surface area contributed by atoms with E-state index in [-0.39, 0.29) is 5.91 Å². The Hall–Kier alpha value is -1.54. The van der Waals surface area contributed by atoms with Crippen LogP contribution in [0.3, 0.4) is 0 Å². The molecule has 0 spiro atoms. The van der Waals surface area contributed by atoms with E-state index in [1.807, 2.05) is 27.7 Å². The lowest BCUT2D eigenvalue weighted by Gasteiger charge is -2.36. The van der Waals surface area contributed by atoms with E-state index in [0.717, 1.165) is 31.4 Å². The van der Waals surface area contributed by atoms with Crippen LogP contribution in [0.4, 0.5) is 18.9 Å². The summed E-state index contributed by atoms with van der Waals surface area (Å²) in [5.74, 6) is -0.174. The molecule has 29 heavy (non-hydrogen) atoms. The van der Waals surface area contributed by atoms with Gasteiger partial charge in [-0.3, -0.25) is 4.79 Å². The number of halogens is 3. The highest BCUT2D eigenvalue weighted by atomic mass is 19.4. The van der Waals surface area contributed by atoms with Crippen LogP contribution in [0, 0.1) is 5.41 Å². The highest BCUT2D eigenvalue weighted by Crippen LogP contribution is 2.46. The van der Waals surface area contributed by atoms with E-state index in [2.05, 4.69) is 5.32 Å². The molecule has 0 bridgehead atoms. The van der Waals surface area contributed by atoms with Crippen molar-refractivity contribution in [3.8, 4) is 0 Å². The lowest BCUT2D eigenvalue weighted by atomic mass is 9.61. The predicted molar refractivity (Wildman–Crippen MR) is 106 cm³/mol. The molecule has 8 heteroatoms. The first-order valence-electron chi connectivity index (χ1n) is 10.2. The Morgan fingerprint density at radius 2 is 1.52 bits per heavy atom. The molecule has 3 rings (SSSR count). The Kier molecular flexibility index (Phi) is 5.82. The Morgan fingerprint density at radius 1 is 1.00 bits per heavy atom. The second-order valence-electron chi connectivity index (χ2n) is 9.26. The van der Waals surface area contributed by atoms with Gasteiger partial charge in [-0.15, -0.1) is 0 Å². The molecular weight excluding hydrogens is 382 g/mol. The summed E-state index contributed by atoms with van der Waals surface area (Å²) in [6, 6.07) is 4.56. The number of carbonyl (C=O) groups is 1. The number of amides is 1. The molecule has 1 heterocycles. The van der Waals surface area contributed by atoms with Gasteiger partial charge < -0.3 is 14.6 Å². The highest BCUT2D eigenvalue weighted by molar-refractivity contribution is 6.46. The first kappa shape index (κ1) is 22.2. The van der Waals surface area contributed by atoms with Gasteiger partial charge in [0.05, 0.1) is 16.8 Å². The van der Waals surface area contributed by atoms with Gasteiger partial charge in [0.15, 0.2) is 0 Å². The molecule has 0 atom stereocenters. The van der Waals surface area contributed by atoms with E-state index in [0.29, 0.717) is 24.8 Å². The van der Waals surface area contributed by atoms with Crippen molar-refractivity contribution in [2.24, 2.45) is 5.41 Å². The molecule has 1 saturated carbocycles. The smallest absolute Gasteiger partial charge is 0.403 e. The molecule has 0 aromatic heterocycles. The van der Waals surface area contributed by atoms with Gasteiger partial charge in [0, 0.05) is 11.1 Å². The molecule has 1 N–H and O–H groups in total. The molecule has 1 amide bonds. The third kappa shape index (κ3) is 4.63. The van der Waals surface area contributed by atoms with Gasteiger partial charge in [-0.05, 0) is 71.1 Å². The van der Waals surface area contributed by atoms with Crippen LogP contribution in [0.15, 0.2) is 24.3 Å². The van der Waals surface area contributed by atoms with Crippen LogP contribution in [0.1, 0.15) is 65.4 Å². The summed E-state index contributed by atoms with van der Waals surface area (Å²) in [5, 5.41) is 2.83. The van der Waals surface area contributed by atoms with E-state index in [4.69, 9.17) is 9.31 Å². The second kappa shape index (κ2) is 7.62. The summed E-state index contributed by atoms with van der Waals surface area (Å²) in [7, 11) is -0.489. The number of rotatable bonds is 4. The van der Waals surface area contributed by atoms with Gasteiger partial charge in [-0.1, -0.05) is 19.3 Å². The third-order valence-corrected chi connectivity index (χ3v) is 6.62. The SMILES string of the molecule is CC1(C)OB(CC2(C(=O)Nc3ccc(C(F)(F)F)cc3)CCCCC2)OC1(C)C. The Labute approximate surface area is 170 Å². The topological polar surface area (TPSA) is 47.6 Å². The number of nitrogens with one attached hydrogen (secondary N) is 1. The average molecular weight is 411 g/mol. The second-order valence-corrected chi connectivity index (χ2v) is 9.26. The number of benzene rings is 1. The first-order chi connectivity index (χ1) is 13.3. The molecule has 2 aliphatic rings. The number of hydrogen-bond donors (Lipinski definition) is 1. The van der Waals surface area contributed by atoms with Crippen molar-refractivity contribution in [2.75, 3.05) is 5.32 Å². The molecule has 2 fully saturated rings. The van der Waals surface area contributed by atoms with Crippen molar-refractivity contribution < 1.29 is 27.3 Å². The van der Waals surface area contributed by atoms with Crippen molar-refractivity contribution in [3.05, 3.63) is 29.8 Å². The molecule has 1 aliphatic carbocycles. The molecule has 160 valence electrons. The normalized spacial score (nSPS) is 23.1. The zero-order valence-electron chi connectivity index (χ0n) is 17.5. The number of alkyl halides is 3. The van der Waals surface area contributed by atoms with Crippen molar-refractivity contribution in [3.63, 3.8) is 0 Å². The molecule has 0 radical (unpaired) electrons. The van der Waals surface area contributed by atoms with Crippen LogP contribution in [0.25, 0.3) is 0 Å². The maximum absolute atomic E-state index is 13.2. The van der Waals surface area contributed by atoms with Crippen LogP contribution in [0.2, 0.25) is 6.32 Å². The number of hydrogen-bond acceptors (Lipinski definition) is 3. The molecule has 1 saturated heterocycles. The van der Waals surface area contributed by atoms with Gasteiger partial charge in [-0.2, -0.15) is 13.2 Å². The lowest BCUT2D eigenvalue weighted by Crippen LogP contribution is -2.42. The predicted octanol–water partition coefficient (Wildman–Crippen LogP) is 5.69. The maximum atomic E-state index is 13.2. The van der Waals surface area contributed by atoms with Crippen LogP contribution in [-0.4, -0.2) is 24.2 Å². The Balaban J connectivity index is 1.75. The van der Waals surface area contributed by atoms with Gasteiger partial charge >= 0.3 is 13.3 Å². The van der Waals surface area contributed by atoms with E-state index in [1.165, 1.54) is 12.1 Å². The summed E-state index contributed by atoms with van der Waals surface area (Å²) >= 11 is 0. The summed E-state index contributed by atoms with van der Waals surface area (Å²) in [6.45, 7) is 7.90. The molecule has 1 aliphatic heterocycles. The maximum Gasteiger partial charge on any atom is 0.458 e. The van der Waals surface area contributed by atoms with Crippen molar-refractivity contribution in [1.29, 1.82) is 0 Å². The van der Waals surface area contributed by atoms with Crippen LogP contribution in [0.5, 0.6) is 0 Å². The molecule has 1 aromatic rings. The zero-order valence-corrected chi connectivity index (χ0v) is 17.5. The quantitative estimate of drug-likeness (QED) is 0.648. The number of carbonyl (C=O) groups excluding carboxylic acids is 1. The fraction of sp³-hybridized carbons (Fsp3) is 0.667. The minimum Gasteiger partial charge on any atom is -0.403 e. The van der Waals surface area contributed by atoms with E-state index < -0.39 is 35.5 Å². The van der Waals surface area contributed by atoms with Crippen molar-refractivity contribution in [1.82, 2.24) is 0 Å². The summed E-state index contributed by atoms with van der Waals surface area (Å²) < 4.78 is 50.6. The van der Waals surface area contributed by atoms with Gasteiger partial charge in [0.1, 0.15) is 0 Å². The van der Waals surface area contributed by atoms with Crippen molar-refractivity contribution >= 4 is 18.7 Å².